The Balaban J connectivity index is 3.76. The van der Waals surface area contributed by atoms with Crippen LogP contribution < -0.4 is 5.73 Å². The molecule has 0 saturated carbocycles. The Bertz CT molecular complexity index is 1640. The largest absolute Gasteiger partial charge is 0.472 e. The van der Waals surface area contributed by atoms with E-state index in [0.29, 0.717) is 6.42 Å². The molecule has 0 fully saturated rings. The summed E-state index contributed by atoms with van der Waals surface area (Å²) in [7, 11) is -4.39. The van der Waals surface area contributed by atoms with E-state index < -0.39 is 26.5 Å². The van der Waals surface area contributed by atoms with Crippen LogP contribution in [0.3, 0.4) is 0 Å². The molecule has 9 nitrogen and oxygen atoms in total. The van der Waals surface area contributed by atoms with Gasteiger partial charge in [0.25, 0.3) is 0 Å². The molecule has 89 heavy (non-hydrogen) atoms. The first-order valence-corrected chi connectivity index (χ1v) is 40.3. The Hall–Kier alpha value is -2.29. The summed E-state index contributed by atoms with van der Waals surface area (Å²) in [6, 6.07) is 0. The number of carbonyl (C=O) groups excluding carboxylic acids is 2. The number of phosphoric ester groups is 1. The van der Waals surface area contributed by atoms with E-state index in [4.69, 9.17) is 24.3 Å². The Kier molecular flexibility index (Phi) is 72.8. The minimum absolute atomic E-state index is 0.0560. The van der Waals surface area contributed by atoms with Gasteiger partial charge in [-0.2, -0.15) is 0 Å². The second kappa shape index (κ2) is 74.7. The third-order valence-corrected chi connectivity index (χ3v) is 18.4. The van der Waals surface area contributed by atoms with Gasteiger partial charge in [0.2, 0.25) is 0 Å². The fraction of sp³-hybridized carbons (Fsp3) is 0.848. The van der Waals surface area contributed by atoms with Gasteiger partial charge in [0.1, 0.15) is 6.61 Å². The Morgan fingerprint density at radius 2 is 0.618 bits per heavy atom. The summed E-state index contributed by atoms with van der Waals surface area (Å²) in [5, 5.41) is 0. The van der Waals surface area contributed by atoms with E-state index in [9.17, 15) is 19.0 Å². The van der Waals surface area contributed by atoms with Gasteiger partial charge >= 0.3 is 19.8 Å². The van der Waals surface area contributed by atoms with Crippen molar-refractivity contribution in [2.45, 2.75) is 405 Å². The lowest BCUT2D eigenvalue weighted by Crippen LogP contribution is -2.29. The quantitative estimate of drug-likeness (QED) is 0.0264. The van der Waals surface area contributed by atoms with Gasteiger partial charge in [-0.15, -0.1) is 0 Å². The highest BCUT2D eigenvalue weighted by Gasteiger charge is 2.26. The summed E-state index contributed by atoms with van der Waals surface area (Å²) < 4.78 is 33.3. The van der Waals surface area contributed by atoms with Crippen LogP contribution in [-0.4, -0.2) is 49.3 Å². The van der Waals surface area contributed by atoms with Crippen LogP contribution in [0.2, 0.25) is 0 Å². The molecule has 0 rings (SSSR count). The number of allylic oxidation sites excluding steroid dienone is 10. The standard InChI is InChI=1S/C79H148NO8P/c1-3-5-7-9-11-13-15-17-19-21-23-25-27-29-31-33-34-35-36-37-38-39-40-41-42-44-46-48-50-52-54-56-58-60-62-64-66-68-70-72-79(82)88-77(76-87-89(83,84)86-74-73-80)75-85-78(81)71-69-67-65-63-61-59-57-55-53-51-49-47-45-43-32-30-28-26-24-22-20-18-16-14-12-10-8-6-4-2/h5,7,11,13,17,19,23,25,29,31,77H,3-4,6,8-10,12,14-16,18,20-22,24,26-28,30,32-76,80H2,1-2H3,(H,83,84)/b7-5-,13-11-,19-17-,25-23-,31-29-. The molecular weight excluding hydrogens is 1120 g/mol. The zero-order valence-corrected chi connectivity index (χ0v) is 59.8. The van der Waals surface area contributed by atoms with Crippen molar-refractivity contribution >= 4 is 19.8 Å². The number of ether oxygens (including phenoxy) is 2. The first kappa shape index (κ1) is 86.7. The molecule has 0 spiro atoms. The third-order valence-electron chi connectivity index (χ3n) is 17.4. The van der Waals surface area contributed by atoms with Crippen molar-refractivity contribution in [3.8, 4) is 0 Å². The molecule has 0 bridgehead atoms. The minimum Gasteiger partial charge on any atom is -0.462 e. The fourth-order valence-electron chi connectivity index (χ4n) is 11.7. The van der Waals surface area contributed by atoms with Crippen LogP contribution >= 0.6 is 7.82 Å². The maximum atomic E-state index is 12.8. The second-order valence-corrected chi connectivity index (χ2v) is 27.7. The van der Waals surface area contributed by atoms with Crippen molar-refractivity contribution in [2.24, 2.45) is 5.73 Å². The van der Waals surface area contributed by atoms with E-state index in [2.05, 4.69) is 74.6 Å². The topological polar surface area (TPSA) is 134 Å². The maximum Gasteiger partial charge on any atom is 0.472 e. The molecule has 2 unspecified atom stereocenters. The maximum absolute atomic E-state index is 12.8. The predicted molar refractivity (Wildman–Crippen MR) is 386 cm³/mol. The summed E-state index contributed by atoms with van der Waals surface area (Å²) in [6.45, 7) is 3.71. The zero-order valence-electron chi connectivity index (χ0n) is 58.9. The van der Waals surface area contributed by atoms with Gasteiger partial charge in [-0.25, -0.2) is 4.57 Å². The molecule has 0 radical (unpaired) electrons. The smallest absolute Gasteiger partial charge is 0.462 e. The highest BCUT2D eigenvalue weighted by molar-refractivity contribution is 7.47. The SMILES string of the molecule is CC/C=C\C/C=C\C/C=C\C/C=C\C/C=C\CCCCCCCCCCCCCCCCCCCCCCCCCC(=O)OC(COC(=O)CCCCCCCCCCCCCCCCCCCCCCCCCCCCCCC)COP(=O)(O)OCCN. The Morgan fingerprint density at radius 3 is 0.921 bits per heavy atom. The molecule has 0 aromatic carbocycles. The molecule has 10 heteroatoms. The van der Waals surface area contributed by atoms with Crippen molar-refractivity contribution in [3.63, 3.8) is 0 Å². The summed E-state index contributed by atoms with van der Waals surface area (Å²) in [6.07, 6.45) is 97.8. The van der Waals surface area contributed by atoms with Gasteiger partial charge in [-0.3, -0.25) is 18.6 Å². The molecular formula is C79H148NO8P. The monoisotopic (exact) mass is 1270 g/mol. The van der Waals surface area contributed by atoms with Gasteiger partial charge in [-0.05, 0) is 57.8 Å². The molecule has 0 saturated heterocycles. The van der Waals surface area contributed by atoms with Gasteiger partial charge in [-0.1, -0.05) is 389 Å². The van der Waals surface area contributed by atoms with E-state index in [0.717, 1.165) is 64.2 Å². The minimum atomic E-state index is -4.39. The average molecular weight is 1270 g/mol. The van der Waals surface area contributed by atoms with Crippen LogP contribution in [0.5, 0.6) is 0 Å². The van der Waals surface area contributed by atoms with Crippen molar-refractivity contribution in [2.75, 3.05) is 26.4 Å². The van der Waals surface area contributed by atoms with Gasteiger partial charge in [0.15, 0.2) is 6.10 Å². The number of esters is 2. The van der Waals surface area contributed by atoms with Crippen LogP contribution in [0.4, 0.5) is 0 Å². The zero-order chi connectivity index (χ0) is 64.4. The number of hydrogen-bond donors (Lipinski definition) is 2. The molecule has 0 aromatic rings. The van der Waals surface area contributed by atoms with Crippen LogP contribution in [0.15, 0.2) is 60.8 Å². The highest BCUT2D eigenvalue weighted by atomic mass is 31.2. The first-order valence-electron chi connectivity index (χ1n) is 38.8. The highest BCUT2D eigenvalue weighted by Crippen LogP contribution is 2.43. The Morgan fingerprint density at radius 1 is 0.348 bits per heavy atom. The average Bonchev–Trinajstić information content (AvgIpc) is 3.68. The molecule has 2 atom stereocenters. The van der Waals surface area contributed by atoms with E-state index >= 15 is 0 Å². The lowest BCUT2D eigenvalue weighted by Gasteiger charge is -2.19. The lowest BCUT2D eigenvalue weighted by molar-refractivity contribution is -0.161. The van der Waals surface area contributed by atoms with E-state index in [1.807, 2.05) is 0 Å². The van der Waals surface area contributed by atoms with Gasteiger partial charge in [0.05, 0.1) is 13.2 Å². The number of hydrogen-bond acceptors (Lipinski definition) is 8. The number of unbranched alkanes of at least 4 members (excludes halogenated alkanes) is 51. The number of rotatable bonds is 74. The molecule has 3 N–H and O–H groups in total. The molecule has 0 amide bonds. The molecule has 0 aromatic heterocycles. The predicted octanol–water partition coefficient (Wildman–Crippen LogP) is 25.8. The van der Waals surface area contributed by atoms with Crippen molar-refractivity contribution < 1.29 is 37.6 Å². The molecule has 0 aliphatic carbocycles. The van der Waals surface area contributed by atoms with Crippen molar-refractivity contribution in [1.82, 2.24) is 0 Å². The van der Waals surface area contributed by atoms with E-state index in [1.165, 1.54) is 302 Å². The van der Waals surface area contributed by atoms with Crippen molar-refractivity contribution in [3.05, 3.63) is 60.8 Å². The molecule has 0 aliphatic heterocycles. The van der Waals surface area contributed by atoms with E-state index in [-0.39, 0.29) is 38.6 Å². The summed E-state index contributed by atoms with van der Waals surface area (Å²) >= 11 is 0. The summed E-state index contributed by atoms with van der Waals surface area (Å²) in [5.41, 5.74) is 5.41. The van der Waals surface area contributed by atoms with Crippen LogP contribution in [-0.2, 0) is 32.7 Å². The summed E-state index contributed by atoms with van der Waals surface area (Å²) in [5.74, 6) is -0.802. The molecule has 0 heterocycles. The fourth-order valence-corrected chi connectivity index (χ4v) is 12.5. The first-order chi connectivity index (χ1) is 43.8. The normalized spacial score (nSPS) is 13.2. The molecule has 522 valence electrons. The van der Waals surface area contributed by atoms with Crippen LogP contribution in [0, 0.1) is 0 Å². The number of phosphoric acid groups is 1. The number of carbonyl (C=O) groups is 2. The lowest BCUT2D eigenvalue weighted by atomic mass is 10.0. The van der Waals surface area contributed by atoms with Crippen LogP contribution in [0.1, 0.15) is 399 Å². The summed E-state index contributed by atoms with van der Waals surface area (Å²) in [4.78, 5) is 35.4. The second-order valence-electron chi connectivity index (χ2n) is 26.2. The molecule has 0 aliphatic rings. The third kappa shape index (κ3) is 74.6. The van der Waals surface area contributed by atoms with Gasteiger partial charge in [0, 0.05) is 19.4 Å². The van der Waals surface area contributed by atoms with Crippen LogP contribution in [0.25, 0.3) is 0 Å². The van der Waals surface area contributed by atoms with Crippen molar-refractivity contribution in [1.29, 1.82) is 0 Å². The van der Waals surface area contributed by atoms with Gasteiger partial charge < -0.3 is 20.1 Å². The Labute approximate surface area is 552 Å². The van der Waals surface area contributed by atoms with E-state index in [1.54, 1.807) is 0 Å². The number of nitrogens with two attached hydrogens (primary N) is 1.